The molecule has 0 spiro atoms. The molecule has 8 heteroatoms. The lowest BCUT2D eigenvalue weighted by molar-refractivity contribution is -0.290. The fraction of sp³-hybridized carbons (Fsp3) is 0.300. The highest BCUT2D eigenvalue weighted by atomic mass is 19.4. The van der Waals surface area contributed by atoms with E-state index in [1.807, 2.05) is 0 Å². The fourth-order valence-electron chi connectivity index (χ4n) is 0.971. The third-order valence-corrected chi connectivity index (χ3v) is 1.91. The van der Waals surface area contributed by atoms with Crippen molar-refractivity contribution in [2.24, 2.45) is 0 Å². The number of amides is 1. The number of carbonyl (C=O) groups is 1. The molecule has 1 N–H and O–H groups in total. The van der Waals surface area contributed by atoms with Crippen molar-refractivity contribution in [1.29, 1.82) is 0 Å². The summed E-state index contributed by atoms with van der Waals surface area (Å²) in [7, 11) is 0. The van der Waals surface area contributed by atoms with Crippen LogP contribution >= 0.6 is 0 Å². The van der Waals surface area contributed by atoms with Crippen LogP contribution in [0, 0.1) is 0 Å². The van der Waals surface area contributed by atoms with Crippen molar-refractivity contribution in [3.8, 4) is 5.75 Å². The van der Waals surface area contributed by atoms with Gasteiger partial charge in [0.1, 0.15) is 5.75 Å². The third-order valence-electron chi connectivity index (χ3n) is 1.91. The standard InChI is InChI=1S/C10H8F5NO2/c11-9(12,10(13,14)15)5-18-8-3-1-7(2-4-8)16-6-17/h1-4,6H,5H2,(H,16,17). The van der Waals surface area contributed by atoms with Crippen molar-refractivity contribution in [3.63, 3.8) is 0 Å². The Kier molecular flexibility index (Phi) is 4.10. The number of halogens is 5. The van der Waals surface area contributed by atoms with Gasteiger partial charge in [0.15, 0.2) is 6.61 Å². The lowest BCUT2D eigenvalue weighted by atomic mass is 10.3. The molecule has 3 nitrogen and oxygen atoms in total. The number of hydrogen-bond donors (Lipinski definition) is 1. The number of benzene rings is 1. The lowest BCUT2D eigenvalue weighted by Crippen LogP contribution is -2.41. The van der Waals surface area contributed by atoms with E-state index in [9.17, 15) is 26.7 Å². The highest BCUT2D eigenvalue weighted by Crippen LogP contribution is 2.35. The fourth-order valence-corrected chi connectivity index (χ4v) is 0.971. The van der Waals surface area contributed by atoms with Gasteiger partial charge in [0.25, 0.3) is 0 Å². The van der Waals surface area contributed by atoms with Gasteiger partial charge in [-0.25, -0.2) is 0 Å². The number of rotatable bonds is 5. The summed E-state index contributed by atoms with van der Waals surface area (Å²) in [6, 6.07) is 4.93. The molecule has 1 aromatic carbocycles. The minimum atomic E-state index is -5.65. The molecule has 0 heterocycles. The van der Waals surface area contributed by atoms with Crippen LogP contribution in [0.25, 0.3) is 0 Å². The molecule has 0 saturated carbocycles. The van der Waals surface area contributed by atoms with E-state index in [2.05, 4.69) is 10.1 Å². The highest BCUT2D eigenvalue weighted by molar-refractivity contribution is 5.71. The summed E-state index contributed by atoms with van der Waals surface area (Å²) in [5.74, 6) is -5.07. The van der Waals surface area contributed by atoms with Gasteiger partial charge >= 0.3 is 12.1 Å². The first-order valence-corrected chi connectivity index (χ1v) is 4.64. The van der Waals surface area contributed by atoms with Gasteiger partial charge in [-0.1, -0.05) is 0 Å². The van der Waals surface area contributed by atoms with E-state index in [0.29, 0.717) is 12.1 Å². The van der Waals surface area contributed by atoms with E-state index in [4.69, 9.17) is 0 Å². The lowest BCUT2D eigenvalue weighted by Gasteiger charge is -2.19. The number of alkyl halides is 5. The van der Waals surface area contributed by atoms with Gasteiger partial charge in [0.2, 0.25) is 6.41 Å². The van der Waals surface area contributed by atoms with Crippen LogP contribution in [0.2, 0.25) is 0 Å². The highest BCUT2D eigenvalue weighted by Gasteiger charge is 2.58. The van der Waals surface area contributed by atoms with Crippen molar-refractivity contribution < 1.29 is 31.5 Å². The number of carbonyl (C=O) groups excluding carboxylic acids is 1. The Bertz CT molecular complexity index is 402. The van der Waals surface area contributed by atoms with Crippen LogP contribution in [0.3, 0.4) is 0 Å². The number of nitrogens with one attached hydrogen (secondary N) is 1. The first-order valence-electron chi connectivity index (χ1n) is 4.64. The average molecular weight is 269 g/mol. The molecule has 1 rings (SSSR count). The number of hydrogen-bond acceptors (Lipinski definition) is 2. The molecular weight excluding hydrogens is 261 g/mol. The van der Waals surface area contributed by atoms with Crippen LogP contribution in [-0.2, 0) is 4.79 Å². The van der Waals surface area contributed by atoms with Crippen molar-refractivity contribution >= 4 is 12.1 Å². The Morgan fingerprint density at radius 2 is 1.67 bits per heavy atom. The van der Waals surface area contributed by atoms with E-state index >= 15 is 0 Å². The SMILES string of the molecule is O=CNc1ccc(OCC(F)(F)C(F)(F)F)cc1. The maximum absolute atomic E-state index is 12.5. The topological polar surface area (TPSA) is 38.3 Å². The van der Waals surface area contributed by atoms with E-state index in [1.54, 1.807) is 0 Å². The van der Waals surface area contributed by atoms with Gasteiger partial charge in [0.05, 0.1) is 0 Å². The quantitative estimate of drug-likeness (QED) is 0.659. The predicted octanol–water partition coefficient (Wildman–Crippen LogP) is 2.83. The molecule has 0 radical (unpaired) electrons. The second-order valence-corrected chi connectivity index (χ2v) is 3.28. The zero-order valence-electron chi connectivity index (χ0n) is 8.80. The molecule has 100 valence electrons. The third kappa shape index (κ3) is 3.57. The molecule has 0 unspecified atom stereocenters. The van der Waals surface area contributed by atoms with E-state index in [1.165, 1.54) is 12.1 Å². The monoisotopic (exact) mass is 269 g/mol. The van der Waals surface area contributed by atoms with Gasteiger partial charge in [-0.05, 0) is 24.3 Å². The minimum Gasteiger partial charge on any atom is -0.487 e. The summed E-state index contributed by atoms with van der Waals surface area (Å²) in [5.41, 5.74) is 0.361. The van der Waals surface area contributed by atoms with E-state index < -0.39 is 18.7 Å². The van der Waals surface area contributed by atoms with Crippen molar-refractivity contribution in [2.75, 3.05) is 11.9 Å². The summed E-state index contributed by atoms with van der Waals surface area (Å²) in [6.45, 7) is -1.79. The second kappa shape index (κ2) is 5.19. The molecule has 0 bridgehead atoms. The van der Waals surface area contributed by atoms with Crippen LogP contribution < -0.4 is 10.1 Å². The maximum Gasteiger partial charge on any atom is 0.456 e. The minimum absolute atomic E-state index is 0.157. The van der Waals surface area contributed by atoms with Gasteiger partial charge in [-0.3, -0.25) is 4.79 Å². The van der Waals surface area contributed by atoms with Crippen molar-refractivity contribution in [2.45, 2.75) is 12.1 Å². The molecular formula is C10H8F5NO2. The predicted molar refractivity (Wildman–Crippen MR) is 52.6 cm³/mol. The van der Waals surface area contributed by atoms with Gasteiger partial charge in [0, 0.05) is 5.69 Å². The zero-order valence-corrected chi connectivity index (χ0v) is 8.80. The van der Waals surface area contributed by atoms with Crippen molar-refractivity contribution in [1.82, 2.24) is 0 Å². The van der Waals surface area contributed by atoms with Crippen molar-refractivity contribution in [3.05, 3.63) is 24.3 Å². The Balaban J connectivity index is 2.61. The normalized spacial score (nSPS) is 12.1. The van der Waals surface area contributed by atoms with Crippen LogP contribution in [0.5, 0.6) is 5.75 Å². The summed E-state index contributed by atoms with van der Waals surface area (Å²) >= 11 is 0. The Hall–Kier alpha value is -1.86. The first kappa shape index (κ1) is 14.2. The summed E-state index contributed by atoms with van der Waals surface area (Å²) < 4.78 is 64.8. The Morgan fingerprint density at radius 1 is 1.11 bits per heavy atom. The van der Waals surface area contributed by atoms with Gasteiger partial charge in [-0.2, -0.15) is 22.0 Å². The van der Waals surface area contributed by atoms with Crippen LogP contribution in [-0.4, -0.2) is 25.1 Å². The Morgan fingerprint density at radius 3 is 2.11 bits per heavy atom. The summed E-state index contributed by atoms with van der Waals surface area (Å²) in [4.78, 5) is 10.1. The molecule has 0 saturated heterocycles. The zero-order chi connectivity index (χ0) is 13.8. The molecule has 0 aliphatic heterocycles. The molecule has 1 aromatic rings. The summed E-state index contributed by atoms with van der Waals surface area (Å²) in [5, 5.41) is 2.27. The smallest absolute Gasteiger partial charge is 0.456 e. The molecule has 0 aromatic heterocycles. The summed E-state index contributed by atoms with van der Waals surface area (Å²) in [6.07, 6.45) is -5.25. The first-order chi connectivity index (χ1) is 8.26. The van der Waals surface area contributed by atoms with Gasteiger partial charge < -0.3 is 10.1 Å². The van der Waals surface area contributed by atoms with E-state index in [0.717, 1.165) is 12.1 Å². The molecule has 0 aliphatic carbocycles. The van der Waals surface area contributed by atoms with Crippen LogP contribution in [0.4, 0.5) is 27.6 Å². The molecule has 0 fully saturated rings. The number of anilines is 1. The molecule has 18 heavy (non-hydrogen) atoms. The average Bonchev–Trinajstić information content (AvgIpc) is 2.27. The number of ether oxygens (including phenoxy) is 1. The van der Waals surface area contributed by atoms with Crippen LogP contribution in [0.15, 0.2) is 24.3 Å². The Labute approximate surface area is 98.5 Å². The van der Waals surface area contributed by atoms with Gasteiger partial charge in [-0.15, -0.1) is 0 Å². The molecule has 0 atom stereocenters. The van der Waals surface area contributed by atoms with Crippen LogP contribution in [0.1, 0.15) is 0 Å². The largest absolute Gasteiger partial charge is 0.487 e. The molecule has 1 amide bonds. The van der Waals surface area contributed by atoms with E-state index in [-0.39, 0.29) is 5.75 Å². The molecule has 0 aliphatic rings. The second-order valence-electron chi connectivity index (χ2n) is 3.28. The maximum atomic E-state index is 12.5.